The Hall–Kier alpha value is -3.42. The summed E-state index contributed by atoms with van der Waals surface area (Å²) >= 11 is 0. The molecule has 0 bridgehead atoms. The summed E-state index contributed by atoms with van der Waals surface area (Å²) in [5, 5.41) is 10.9. The molecule has 0 spiro atoms. The van der Waals surface area contributed by atoms with E-state index in [1.54, 1.807) is 4.90 Å². The van der Waals surface area contributed by atoms with Gasteiger partial charge in [0.1, 0.15) is 0 Å². The van der Waals surface area contributed by atoms with Crippen LogP contribution in [0.5, 0.6) is 0 Å². The molecule has 0 aliphatic heterocycles. The van der Waals surface area contributed by atoms with E-state index in [1.807, 2.05) is 32.9 Å². The first-order valence-electron chi connectivity index (χ1n) is 9.46. The minimum Gasteiger partial charge on any atom is -0.407 e. The topological polar surface area (TPSA) is 98.6 Å². The zero-order valence-electron chi connectivity index (χ0n) is 16.7. The minimum absolute atomic E-state index is 0.0195. The van der Waals surface area contributed by atoms with Gasteiger partial charge in [-0.1, -0.05) is 6.07 Å². The number of benzene rings is 2. The average molecular weight is 397 g/mol. The summed E-state index contributed by atoms with van der Waals surface area (Å²) in [5.74, 6) is -0.608. The maximum Gasteiger partial charge on any atom is 0.419 e. The summed E-state index contributed by atoms with van der Waals surface area (Å²) in [7, 11) is 0. The standard InChI is InChI=1S/C21H23N3O5/c1-4-22(17-11-14(2)10-15(3)12-17)20(25)6-5-9-23-18-8-7-16(24(27)28)13-19(18)29-21(23)26/h7-8,10-13H,4-6,9H2,1-3H3. The van der Waals surface area contributed by atoms with Crippen LogP contribution in [0.1, 0.15) is 30.9 Å². The van der Waals surface area contributed by atoms with Crippen molar-refractivity contribution in [3.8, 4) is 0 Å². The summed E-state index contributed by atoms with van der Waals surface area (Å²) in [6, 6.07) is 10.1. The molecule has 0 fully saturated rings. The van der Waals surface area contributed by atoms with Gasteiger partial charge in [-0.15, -0.1) is 0 Å². The third-order valence-corrected chi connectivity index (χ3v) is 4.77. The van der Waals surface area contributed by atoms with Gasteiger partial charge in [-0.2, -0.15) is 0 Å². The molecule has 0 N–H and O–H groups in total. The molecular formula is C21H23N3O5. The fourth-order valence-electron chi connectivity index (χ4n) is 3.51. The summed E-state index contributed by atoms with van der Waals surface area (Å²) in [5.41, 5.74) is 3.57. The molecule has 0 aliphatic rings. The van der Waals surface area contributed by atoms with Crippen LogP contribution in [-0.4, -0.2) is 21.9 Å². The van der Waals surface area contributed by atoms with Crippen molar-refractivity contribution < 1.29 is 14.1 Å². The van der Waals surface area contributed by atoms with E-state index in [1.165, 1.54) is 22.8 Å². The van der Waals surface area contributed by atoms with Crippen molar-refractivity contribution in [3.05, 3.63) is 68.2 Å². The Morgan fingerprint density at radius 2 is 1.86 bits per heavy atom. The van der Waals surface area contributed by atoms with E-state index >= 15 is 0 Å². The SMILES string of the molecule is CCN(C(=O)CCCn1c(=O)oc2cc([N+](=O)[O-])ccc21)c1cc(C)cc(C)c1. The van der Waals surface area contributed by atoms with Crippen molar-refractivity contribution >= 4 is 28.4 Å². The normalized spacial score (nSPS) is 11.0. The lowest BCUT2D eigenvalue weighted by atomic mass is 10.1. The molecule has 1 amide bonds. The third kappa shape index (κ3) is 4.37. The van der Waals surface area contributed by atoms with Crippen LogP contribution in [-0.2, 0) is 11.3 Å². The second kappa shape index (κ2) is 8.30. The maximum atomic E-state index is 12.7. The van der Waals surface area contributed by atoms with E-state index in [2.05, 4.69) is 6.07 Å². The van der Waals surface area contributed by atoms with Crippen LogP contribution in [0.25, 0.3) is 11.1 Å². The molecule has 0 saturated heterocycles. The van der Waals surface area contributed by atoms with Crippen molar-refractivity contribution in [3.63, 3.8) is 0 Å². The number of fused-ring (bicyclic) bond motifs is 1. The molecule has 0 saturated carbocycles. The van der Waals surface area contributed by atoms with Crippen molar-refractivity contribution in [2.75, 3.05) is 11.4 Å². The van der Waals surface area contributed by atoms with Crippen LogP contribution in [0.2, 0.25) is 0 Å². The number of aryl methyl sites for hydroxylation is 3. The second-order valence-electron chi connectivity index (χ2n) is 7.02. The Bertz CT molecular complexity index is 1110. The lowest BCUT2D eigenvalue weighted by Crippen LogP contribution is -2.31. The van der Waals surface area contributed by atoms with Gasteiger partial charge in [-0.25, -0.2) is 4.79 Å². The van der Waals surface area contributed by atoms with Crippen LogP contribution in [0, 0.1) is 24.0 Å². The number of nitro groups is 1. The Kier molecular flexibility index (Phi) is 5.81. The van der Waals surface area contributed by atoms with E-state index in [0.29, 0.717) is 25.0 Å². The largest absolute Gasteiger partial charge is 0.419 e. The first-order valence-corrected chi connectivity index (χ1v) is 9.46. The highest BCUT2D eigenvalue weighted by Crippen LogP contribution is 2.22. The maximum absolute atomic E-state index is 12.7. The first kappa shape index (κ1) is 20.3. The Balaban J connectivity index is 1.72. The number of nitro benzene ring substituents is 1. The van der Waals surface area contributed by atoms with E-state index in [4.69, 9.17) is 4.42 Å². The van der Waals surface area contributed by atoms with E-state index in [0.717, 1.165) is 16.8 Å². The van der Waals surface area contributed by atoms with Gasteiger partial charge in [0.05, 0.1) is 16.5 Å². The molecular weight excluding hydrogens is 374 g/mol. The number of aromatic nitrogens is 1. The van der Waals surface area contributed by atoms with Crippen LogP contribution >= 0.6 is 0 Å². The summed E-state index contributed by atoms with van der Waals surface area (Å²) in [4.78, 5) is 36.9. The number of oxazole rings is 1. The molecule has 29 heavy (non-hydrogen) atoms. The molecule has 1 aromatic heterocycles. The molecule has 0 atom stereocenters. The fraction of sp³-hybridized carbons (Fsp3) is 0.333. The summed E-state index contributed by atoms with van der Waals surface area (Å²) in [6.45, 7) is 6.77. The van der Waals surface area contributed by atoms with Gasteiger partial charge in [0, 0.05) is 31.3 Å². The van der Waals surface area contributed by atoms with Crippen LogP contribution in [0.15, 0.2) is 45.6 Å². The van der Waals surface area contributed by atoms with Crippen LogP contribution < -0.4 is 10.7 Å². The smallest absolute Gasteiger partial charge is 0.407 e. The lowest BCUT2D eigenvalue weighted by molar-refractivity contribution is -0.384. The van der Waals surface area contributed by atoms with Gasteiger partial charge in [0.15, 0.2) is 5.58 Å². The Morgan fingerprint density at radius 3 is 2.48 bits per heavy atom. The van der Waals surface area contributed by atoms with Crippen molar-refractivity contribution in [2.24, 2.45) is 0 Å². The van der Waals surface area contributed by atoms with E-state index < -0.39 is 10.7 Å². The molecule has 3 rings (SSSR count). The molecule has 0 radical (unpaired) electrons. The number of carbonyl (C=O) groups is 1. The quantitative estimate of drug-likeness (QED) is 0.444. The molecule has 0 unspecified atom stereocenters. The second-order valence-corrected chi connectivity index (χ2v) is 7.02. The number of anilines is 1. The predicted octanol–water partition coefficient (Wildman–Crippen LogP) is 3.95. The number of amides is 1. The van der Waals surface area contributed by atoms with Gasteiger partial charge in [-0.3, -0.25) is 19.5 Å². The van der Waals surface area contributed by atoms with Gasteiger partial charge in [0.2, 0.25) is 5.91 Å². The zero-order valence-corrected chi connectivity index (χ0v) is 16.7. The van der Waals surface area contributed by atoms with Crippen LogP contribution in [0.3, 0.4) is 0 Å². The number of hydrogen-bond donors (Lipinski definition) is 0. The van der Waals surface area contributed by atoms with Gasteiger partial charge in [-0.05, 0) is 56.5 Å². The lowest BCUT2D eigenvalue weighted by Gasteiger charge is -2.22. The highest BCUT2D eigenvalue weighted by atomic mass is 16.6. The van der Waals surface area contributed by atoms with Crippen molar-refractivity contribution in [1.29, 1.82) is 0 Å². The number of hydrogen-bond acceptors (Lipinski definition) is 5. The number of non-ortho nitro benzene ring substituents is 1. The molecule has 1 heterocycles. The average Bonchev–Trinajstić information content (AvgIpc) is 2.96. The highest BCUT2D eigenvalue weighted by molar-refractivity contribution is 5.93. The van der Waals surface area contributed by atoms with Gasteiger partial charge < -0.3 is 9.32 Å². The molecule has 0 aliphatic carbocycles. The molecule has 8 nitrogen and oxygen atoms in total. The Labute approximate surface area is 167 Å². The third-order valence-electron chi connectivity index (χ3n) is 4.77. The minimum atomic E-state index is -0.588. The monoisotopic (exact) mass is 397 g/mol. The van der Waals surface area contributed by atoms with Crippen molar-refractivity contribution in [2.45, 2.75) is 40.2 Å². The Morgan fingerprint density at radius 1 is 1.17 bits per heavy atom. The van der Waals surface area contributed by atoms with Gasteiger partial charge in [0.25, 0.3) is 5.69 Å². The fourth-order valence-corrected chi connectivity index (χ4v) is 3.51. The number of carbonyl (C=O) groups excluding carboxylic acids is 1. The summed E-state index contributed by atoms with van der Waals surface area (Å²) < 4.78 is 6.52. The molecule has 8 heteroatoms. The first-order chi connectivity index (χ1) is 13.8. The highest BCUT2D eigenvalue weighted by Gasteiger charge is 2.17. The molecule has 2 aromatic carbocycles. The number of rotatable bonds is 7. The zero-order chi connectivity index (χ0) is 21.1. The van der Waals surface area contributed by atoms with E-state index in [-0.39, 0.29) is 23.6 Å². The van der Waals surface area contributed by atoms with Gasteiger partial charge >= 0.3 is 5.76 Å². The molecule has 152 valence electrons. The molecule has 3 aromatic rings. The van der Waals surface area contributed by atoms with Crippen molar-refractivity contribution in [1.82, 2.24) is 4.57 Å². The van der Waals surface area contributed by atoms with E-state index in [9.17, 15) is 19.7 Å². The van der Waals surface area contributed by atoms with Crippen LogP contribution in [0.4, 0.5) is 11.4 Å². The predicted molar refractivity (Wildman–Crippen MR) is 110 cm³/mol. The summed E-state index contributed by atoms with van der Waals surface area (Å²) in [6.07, 6.45) is 0.721. The number of nitrogens with zero attached hydrogens (tertiary/aromatic N) is 3.